The molecule has 0 bridgehead atoms. The summed E-state index contributed by atoms with van der Waals surface area (Å²) in [5.41, 5.74) is 0.830. The fraction of sp³-hybridized carbons (Fsp3) is 0.400. The molecule has 2 N–H and O–H groups in total. The summed E-state index contributed by atoms with van der Waals surface area (Å²) in [6.07, 6.45) is 4.75. The molecule has 1 aromatic heterocycles. The van der Waals surface area contributed by atoms with E-state index in [9.17, 15) is 8.42 Å². The first-order chi connectivity index (χ1) is 10.6. The van der Waals surface area contributed by atoms with Gasteiger partial charge in [0, 0.05) is 12.1 Å². The minimum absolute atomic E-state index is 0.0844. The highest BCUT2D eigenvalue weighted by atomic mass is 32.2. The van der Waals surface area contributed by atoms with Crippen molar-refractivity contribution in [1.82, 2.24) is 19.8 Å². The third-order valence-electron chi connectivity index (χ3n) is 3.96. The van der Waals surface area contributed by atoms with E-state index in [2.05, 4.69) is 15.1 Å². The fourth-order valence-electron chi connectivity index (χ4n) is 2.64. The summed E-state index contributed by atoms with van der Waals surface area (Å²) >= 11 is 0. The summed E-state index contributed by atoms with van der Waals surface area (Å²) < 4.78 is 29.3. The SMILES string of the molecule is CC1NCCCC1NS(=O)(=O)c1cnn(-c2ccccc2)c1. The van der Waals surface area contributed by atoms with Crippen molar-refractivity contribution in [1.29, 1.82) is 0 Å². The van der Waals surface area contributed by atoms with E-state index < -0.39 is 10.0 Å². The summed E-state index contributed by atoms with van der Waals surface area (Å²) in [4.78, 5) is 0.189. The lowest BCUT2D eigenvalue weighted by Crippen LogP contribution is -2.51. The third kappa shape index (κ3) is 3.21. The first-order valence-corrected chi connectivity index (χ1v) is 8.90. The van der Waals surface area contributed by atoms with Gasteiger partial charge in [-0.2, -0.15) is 5.10 Å². The number of piperidine rings is 1. The van der Waals surface area contributed by atoms with Gasteiger partial charge in [0.1, 0.15) is 4.90 Å². The molecular weight excluding hydrogens is 300 g/mol. The zero-order valence-corrected chi connectivity index (χ0v) is 13.3. The van der Waals surface area contributed by atoms with Crippen LogP contribution in [0.4, 0.5) is 0 Å². The number of benzene rings is 1. The van der Waals surface area contributed by atoms with Crippen molar-refractivity contribution < 1.29 is 8.42 Å². The largest absolute Gasteiger partial charge is 0.313 e. The second kappa shape index (κ2) is 6.20. The van der Waals surface area contributed by atoms with Crippen molar-refractivity contribution in [3.05, 3.63) is 42.7 Å². The van der Waals surface area contributed by atoms with E-state index in [1.165, 1.54) is 6.20 Å². The van der Waals surface area contributed by atoms with Gasteiger partial charge in [-0.05, 0) is 38.4 Å². The molecule has 2 aromatic rings. The van der Waals surface area contributed by atoms with Crippen LogP contribution < -0.4 is 10.0 Å². The Balaban J connectivity index is 1.79. The van der Waals surface area contributed by atoms with Crippen LogP contribution in [-0.2, 0) is 10.0 Å². The van der Waals surface area contributed by atoms with Gasteiger partial charge < -0.3 is 5.32 Å². The van der Waals surface area contributed by atoms with Gasteiger partial charge in [-0.1, -0.05) is 18.2 Å². The number of rotatable bonds is 4. The fourth-order valence-corrected chi connectivity index (χ4v) is 3.92. The number of nitrogens with zero attached hydrogens (tertiary/aromatic N) is 2. The highest BCUT2D eigenvalue weighted by Crippen LogP contribution is 2.15. The normalized spacial score (nSPS) is 22.6. The average molecular weight is 320 g/mol. The minimum Gasteiger partial charge on any atom is -0.313 e. The molecule has 118 valence electrons. The molecule has 6 nitrogen and oxygen atoms in total. The minimum atomic E-state index is -3.55. The van der Waals surface area contributed by atoms with E-state index in [-0.39, 0.29) is 17.0 Å². The molecule has 1 aliphatic heterocycles. The van der Waals surface area contributed by atoms with Gasteiger partial charge in [0.2, 0.25) is 10.0 Å². The number of nitrogens with one attached hydrogen (secondary N) is 2. The van der Waals surface area contributed by atoms with Crippen LogP contribution in [0.5, 0.6) is 0 Å². The predicted octanol–water partition coefficient (Wildman–Crippen LogP) is 1.29. The van der Waals surface area contributed by atoms with Gasteiger partial charge in [-0.3, -0.25) is 0 Å². The Morgan fingerprint density at radius 1 is 1.32 bits per heavy atom. The van der Waals surface area contributed by atoms with Crippen molar-refractivity contribution in [3.63, 3.8) is 0 Å². The maximum Gasteiger partial charge on any atom is 0.244 e. The van der Waals surface area contributed by atoms with Crippen molar-refractivity contribution in [2.75, 3.05) is 6.54 Å². The topological polar surface area (TPSA) is 76.0 Å². The second-order valence-electron chi connectivity index (χ2n) is 5.57. The van der Waals surface area contributed by atoms with E-state index in [0.29, 0.717) is 0 Å². The molecule has 3 rings (SSSR count). The van der Waals surface area contributed by atoms with Crippen molar-refractivity contribution in [3.8, 4) is 5.69 Å². The van der Waals surface area contributed by atoms with Crippen LogP contribution in [0, 0.1) is 0 Å². The molecular formula is C15H20N4O2S. The Morgan fingerprint density at radius 3 is 2.82 bits per heavy atom. The monoisotopic (exact) mass is 320 g/mol. The van der Waals surface area contributed by atoms with Gasteiger partial charge in [-0.25, -0.2) is 17.8 Å². The summed E-state index contributed by atoms with van der Waals surface area (Å²) in [6, 6.07) is 9.49. The van der Waals surface area contributed by atoms with E-state index in [4.69, 9.17) is 0 Å². The van der Waals surface area contributed by atoms with Crippen LogP contribution in [0.25, 0.3) is 5.69 Å². The molecule has 22 heavy (non-hydrogen) atoms. The lowest BCUT2D eigenvalue weighted by molar-refractivity contribution is 0.349. The second-order valence-corrected chi connectivity index (χ2v) is 7.28. The summed E-state index contributed by atoms with van der Waals surface area (Å²) in [5.74, 6) is 0. The lowest BCUT2D eigenvalue weighted by atomic mass is 10.0. The van der Waals surface area contributed by atoms with Crippen LogP contribution in [0.2, 0.25) is 0 Å². The van der Waals surface area contributed by atoms with Crippen LogP contribution >= 0.6 is 0 Å². The molecule has 2 unspecified atom stereocenters. The molecule has 1 aromatic carbocycles. The molecule has 0 radical (unpaired) electrons. The Bertz CT molecular complexity index is 727. The zero-order chi connectivity index (χ0) is 15.6. The molecule has 0 aliphatic carbocycles. The summed E-state index contributed by atoms with van der Waals surface area (Å²) in [6.45, 7) is 2.94. The molecule has 7 heteroatoms. The average Bonchev–Trinajstić information content (AvgIpc) is 3.01. The number of para-hydroxylation sites is 1. The maximum absolute atomic E-state index is 12.5. The number of sulfonamides is 1. The first kappa shape index (κ1) is 15.2. The van der Waals surface area contributed by atoms with Crippen LogP contribution in [0.3, 0.4) is 0 Å². The van der Waals surface area contributed by atoms with Gasteiger partial charge in [0.25, 0.3) is 0 Å². The summed E-state index contributed by atoms with van der Waals surface area (Å²) in [5, 5.41) is 7.44. The van der Waals surface area contributed by atoms with Crippen LogP contribution in [-0.4, -0.2) is 36.8 Å². The van der Waals surface area contributed by atoms with E-state index >= 15 is 0 Å². The van der Waals surface area contributed by atoms with E-state index in [0.717, 1.165) is 25.1 Å². The Labute approximate surface area is 130 Å². The third-order valence-corrected chi connectivity index (χ3v) is 5.40. The van der Waals surface area contributed by atoms with Crippen molar-refractivity contribution in [2.24, 2.45) is 0 Å². The smallest absolute Gasteiger partial charge is 0.244 e. The molecule has 0 spiro atoms. The summed E-state index contributed by atoms with van der Waals surface area (Å²) in [7, 11) is -3.55. The number of aromatic nitrogens is 2. The van der Waals surface area contributed by atoms with Crippen molar-refractivity contribution in [2.45, 2.75) is 36.7 Å². The highest BCUT2D eigenvalue weighted by Gasteiger charge is 2.27. The van der Waals surface area contributed by atoms with Gasteiger partial charge >= 0.3 is 0 Å². The van der Waals surface area contributed by atoms with Crippen LogP contribution in [0.1, 0.15) is 19.8 Å². The Morgan fingerprint density at radius 2 is 2.09 bits per heavy atom. The van der Waals surface area contributed by atoms with Gasteiger partial charge in [0.05, 0.1) is 18.1 Å². The highest BCUT2D eigenvalue weighted by molar-refractivity contribution is 7.89. The quantitative estimate of drug-likeness (QED) is 0.890. The molecule has 0 amide bonds. The Hall–Kier alpha value is -1.70. The standard InChI is InChI=1S/C15H20N4O2S/c1-12-15(8-5-9-16-12)18-22(20,21)14-10-17-19(11-14)13-6-3-2-4-7-13/h2-4,6-7,10-12,15-16,18H,5,8-9H2,1H3. The van der Waals surface area contributed by atoms with Gasteiger partial charge in [0.15, 0.2) is 0 Å². The molecule has 1 saturated heterocycles. The molecule has 1 fully saturated rings. The Kier molecular flexibility index (Phi) is 4.28. The zero-order valence-electron chi connectivity index (χ0n) is 12.4. The maximum atomic E-state index is 12.5. The number of hydrogen-bond donors (Lipinski definition) is 2. The van der Waals surface area contributed by atoms with Crippen molar-refractivity contribution >= 4 is 10.0 Å². The molecule has 0 saturated carbocycles. The van der Waals surface area contributed by atoms with Gasteiger partial charge in [-0.15, -0.1) is 0 Å². The predicted molar refractivity (Wildman–Crippen MR) is 84.4 cm³/mol. The molecule has 2 heterocycles. The van der Waals surface area contributed by atoms with Crippen LogP contribution in [0.15, 0.2) is 47.6 Å². The molecule has 1 aliphatic rings. The van der Waals surface area contributed by atoms with E-state index in [1.54, 1.807) is 10.9 Å². The van der Waals surface area contributed by atoms with E-state index in [1.807, 2.05) is 37.3 Å². The lowest BCUT2D eigenvalue weighted by Gasteiger charge is -2.30. The molecule has 2 atom stereocenters. The number of hydrogen-bond acceptors (Lipinski definition) is 4. The first-order valence-electron chi connectivity index (χ1n) is 7.42.